The lowest BCUT2D eigenvalue weighted by molar-refractivity contribution is -0.121. The summed E-state index contributed by atoms with van der Waals surface area (Å²) in [5.41, 5.74) is 6.91. The number of ether oxygens (including phenoxy) is 1. The van der Waals surface area contributed by atoms with Crippen molar-refractivity contribution in [1.82, 2.24) is 35.9 Å². The Morgan fingerprint density at radius 1 is 0.600 bits per heavy atom. The van der Waals surface area contributed by atoms with Gasteiger partial charge in [0.05, 0.1) is 36.0 Å². The van der Waals surface area contributed by atoms with Crippen molar-refractivity contribution in [3.8, 4) is 0 Å². The van der Waals surface area contributed by atoms with E-state index in [1.807, 2.05) is 6.07 Å². The lowest BCUT2D eigenvalue weighted by Gasteiger charge is -2.20. The van der Waals surface area contributed by atoms with E-state index in [-0.39, 0.29) is 40.8 Å². The van der Waals surface area contributed by atoms with Crippen LogP contribution in [0, 0.1) is 11.6 Å². The fourth-order valence-corrected chi connectivity index (χ4v) is 7.70. The van der Waals surface area contributed by atoms with Gasteiger partial charge in [0, 0.05) is 65.6 Å². The molecule has 4 heterocycles. The smallest absolute Gasteiger partial charge is 0.407 e. The van der Waals surface area contributed by atoms with Gasteiger partial charge in [-0.1, -0.05) is 70.7 Å². The number of carbonyl (C=O) groups is 3. The number of hydrogen-bond donors (Lipinski definition) is 6. The average Bonchev–Trinajstić information content (AvgIpc) is 3.36. The summed E-state index contributed by atoms with van der Waals surface area (Å²) in [7, 11) is 0. The largest absolute Gasteiger partial charge is 0.444 e. The number of alkyl carbamates (subject to hydrolysis) is 1. The molecule has 24 heteroatoms. The van der Waals surface area contributed by atoms with Crippen molar-refractivity contribution < 1.29 is 45.5 Å². The van der Waals surface area contributed by atoms with E-state index in [1.165, 1.54) is 42.7 Å². The fraction of sp³-hybridized carbons (Fsp3) is 0.314. The molecule has 0 bridgehead atoms. The highest BCUT2D eigenvalue weighted by Crippen LogP contribution is 2.31. The van der Waals surface area contributed by atoms with Crippen LogP contribution in [0.5, 0.6) is 0 Å². The van der Waals surface area contributed by atoms with Crippen LogP contribution in [0.15, 0.2) is 97.6 Å². The minimum atomic E-state index is -3.40. The molecule has 7 N–H and O–H groups in total. The first-order valence-electron chi connectivity index (χ1n) is 22.9. The molecular formula is C51H52Cl4F6N10O4. The lowest BCUT2D eigenvalue weighted by atomic mass is 10.0. The molecule has 75 heavy (non-hydrogen) atoms. The normalized spacial score (nSPS) is 11.5. The summed E-state index contributed by atoms with van der Waals surface area (Å²) in [4.78, 5) is 51.9. The van der Waals surface area contributed by atoms with Gasteiger partial charge < -0.3 is 37.1 Å². The standard InChI is InChI=1S/C28H30Cl2F3N5O3.C23H22Cl2F3N5O/c1-27(2,3)41-26(40)35-11-9-17-7-8-19(29)12-18(17)14-36-23(39)13-20-21(30)15-37-25(24(20)31)38-16-28(32,33)22-6-4-5-10-34-22;24-16-5-4-14(6-7-29)15(9-16)11-31-20(34)10-17-18(25)12-32-22(21(17)26)33-13-23(27,28)19-3-1-2-8-30-19/h4-8,10,12,15H,9,11,13-14,16H2,1-3H3,(H,35,40)(H,36,39)(H,37,38);1-5,8-9,12H,6-7,10-11,13,29H2,(H,31,34)(H,32,33). The maximum absolute atomic E-state index is 15.1. The number of rotatable bonds is 21. The number of aromatic nitrogens is 4. The van der Waals surface area contributed by atoms with Crippen molar-refractivity contribution in [3.05, 3.63) is 174 Å². The molecule has 0 radical (unpaired) electrons. The number of alkyl halides is 4. The van der Waals surface area contributed by atoms with E-state index >= 15 is 4.39 Å². The number of nitrogens with zero attached hydrogens (tertiary/aromatic N) is 4. The number of hydrogen-bond acceptors (Lipinski definition) is 11. The summed E-state index contributed by atoms with van der Waals surface area (Å²) in [6.07, 6.45) is 4.27. The summed E-state index contributed by atoms with van der Waals surface area (Å²) < 4.78 is 93.0. The molecule has 0 saturated carbocycles. The van der Waals surface area contributed by atoms with Crippen molar-refractivity contribution in [2.24, 2.45) is 5.73 Å². The van der Waals surface area contributed by atoms with Crippen molar-refractivity contribution in [2.45, 2.75) is 77.0 Å². The molecular weight excluding hydrogens is 1070 g/mol. The second-order valence-corrected chi connectivity index (χ2v) is 19.2. The van der Waals surface area contributed by atoms with Gasteiger partial charge in [-0.2, -0.15) is 17.6 Å². The van der Waals surface area contributed by atoms with Crippen molar-refractivity contribution in [1.29, 1.82) is 0 Å². The third kappa shape index (κ3) is 18.4. The molecule has 0 saturated heterocycles. The van der Waals surface area contributed by atoms with Gasteiger partial charge >= 0.3 is 17.9 Å². The Balaban J connectivity index is 0.000000282. The van der Waals surface area contributed by atoms with Crippen LogP contribution < -0.4 is 32.3 Å². The third-order valence-corrected chi connectivity index (χ3v) is 11.7. The average molecular weight is 1120 g/mol. The monoisotopic (exact) mass is 1120 g/mol. The Morgan fingerprint density at radius 3 is 1.44 bits per heavy atom. The van der Waals surface area contributed by atoms with E-state index in [4.69, 9.17) is 56.9 Å². The SMILES string of the molecule is CC(C)(C)OC(=O)NCCc1ccc(Cl)cc1CNC(=O)Cc1c(Cl)cnc(NCC(F)(F)c2ccccn2)c1F.NCCc1ccc(Cl)cc1CNC(=O)Cc1c(Cl)cnc(NCC(F)(F)c2ccccn2)c1F. The molecule has 6 rings (SSSR count). The molecule has 400 valence electrons. The number of amides is 3. The molecule has 0 atom stereocenters. The minimum absolute atomic E-state index is 0.0624. The highest BCUT2D eigenvalue weighted by atomic mass is 35.5. The first-order chi connectivity index (χ1) is 35.5. The van der Waals surface area contributed by atoms with Gasteiger partial charge in [-0.25, -0.2) is 23.5 Å². The quantitative estimate of drug-likeness (QED) is 0.0375. The van der Waals surface area contributed by atoms with E-state index in [0.717, 1.165) is 35.2 Å². The summed E-state index contributed by atoms with van der Waals surface area (Å²) in [6, 6.07) is 18.6. The van der Waals surface area contributed by atoms with E-state index in [1.54, 1.807) is 51.1 Å². The Hall–Kier alpha value is -6.45. The van der Waals surface area contributed by atoms with Crippen LogP contribution in [0.3, 0.4) is 0 Å². The summed E-state index contributed by atoms with van der Waals surface area (Å²) in [6.45, 7) is 4.29. The number of nitrogens with one attached hydrogen (secondary N) is 5. The van der Waals surface area contributed by atoms with Crippen LogP contribution in [-0.2, 0) is 64.9 Å². The zero-order valence-electron chi connectivity index (χ0n) is 40.6. The maximum atomic E-state index is 15.1. The second kappa shape index (κ2) is 27.4. The Labute approximate surface area is 448 Å². The minimum Gasteiger partial charge on any atom is -0.444 e. The lowest BCUT2D eigenvalue weighted by Crippen LogP contribution is -2.33. The number of carbonyl (C=O) groups excluding carboxylic acids is 3. The van der Waals surface area contributed by atoms with Gasteiger partial charge in [-0.05, 0) is 111 Å². The topological polar surface area (TPSA) is 198 Å². The molecule has 0 aliphatic heterocycles. The van der Waals surface area contributed by atoms with Crippen molar-refractivity contribution >= 4 is 75.9 Å². The van der Waals surface area contributed by atoms with E-state index in [9.17, 15) is 36.3 Å². The molecule has 0 spiro atoms. The zero-order valence-corrected chi connectivity index (χ0v) is 43.6. The first-order valence-corrected chi connectivity index (χ1v) is 24.4. The molecule has 4 aromatic heterocycles. The third-order valence-electron chi connectivity index (χ3n) is 10.6. The molecule has 0 aliphatic rings. The molecule has 0 aliphatic carbocycles. The van der Waals surface area contributed by atoms with Gasteiger partial charge in [0.25, 0.3) is 0 Å². The molecule has 6 aromatic rings. The molecule has 0 unspecified atom stereocenters. The van der Waals surface area contributed by atoms with Gasteiger partial charge in [-0.15, -0.1) is 0 Å². The number of pyridine rings is 4. The predicted octanol–water partition coefficient (Wildman–Crippen LogP) is 10.5. The first kappa shape index (κ1) is 59.4. The fourth-order valence-electron chi connectivity index (χ4n) is 6.92. The van der Waals surface area contributed by atoms with Crippen LogP contribution in [0.2, 0.25) is 20.1 Å². The molecule has 2 aromatic carbocycles. The number of nitrogens with two attached hydrogens (primary N) is 1. The highest BCUT2D eigenvalue weighted by Gasteiger charge is 2.35. The van der Waals surface area contributed by atoms with Crippen LogP contribution in [0.1, 0.15) is 65.5 Å². The second-order valence-electron chi connectivity index (χ2n) is 17.5. The van der Waals surface area contributed by atoms with Crippen LogP contribution in [0.25, 0.3) is 0 Å². The van der Waals surface area contributed by atoms with Gasteiger partial charge in [-0.3, -0.25) is 19.6 Å². The van der Waals surface area contributed by atoms with Crippen LogP contribution in [-0.4, -0.2) is 69.6 Å². The van der Waals surface area contributed by atoms with E-state index < -0.39 is 95.9 Å². The molecule has 0 fully saturated rings. The van der Waals surface area contributed by atoms with Gasteiger partial charge in [0.1, 0.15) is 17.0 Å². The summed E-state index contributed by atoms with van der Waals surface area (Å²) in [5, 5.41) is 13.4. The number of anilines is 2. The Kier molecular flexibility index (Phi) is 21.7. The van der Waals surface area contributed by atoms with Crippen molar-refractivity contribution in [2.75, 3.05) is 36.8 Å². The zero-order chi connectivity index (χ0) is 54.9. The molecule has 3 amide bonds. The van der Waals surface area contributed by atoms with Crippen molar-refractivity contribution in [3.63, 3.8) is 0 Å². The van der Waals surface area contributed by atoms with Crippen LogP contribution in [0.4, 0.5) is 42.8 Å². The van der Waals surface area contributed by atoms with Gasteiger partial charge in [0.2, 0.25) is 11.8 Å². The van der Waals surface area contributed by atoms with E-state index in [2.05, 4.69) is 46.5 Å². The van der Waals surface area contributed by atoms with Gasteiger partial charge in [0.15, 0.2) is 23.3 Å². The Morgan fingerprint density at radius 2 is 1.04 bits per heavy atom. The predicted molar refractivity (Wildman–Crippen MR) is 276 cm³/mol. The Bertz CT molecular complexity index is 2910. The highest BCUT2D eigenvalue weighted by molar-refractivity contribution is 6.32. The van der Waals surface area contributed by atoms with E-state index in [0.29, 0.717) is 35.0 Å². The van der Waals surface area contributed by atoms with Crippen LogP contribution >= 0.6 is 46.4 Å². The number of benzene rings is 2. The number of halogens is 10. The molecule has 14 nitrogen and oxygen atoms in total. The summed E-state index contributed by atoms with van der Waals surface area (Å²) >= 11 is 24.3. The maximum Gasteiger partial charge on any atom is 0.407 e. The summed E-state index contributed by atoms with van der Waals surface area (Å²) in [5.74, 6) is -10.8.